The third kappa shape index (κ3) is 4.36. The third-order valence-electron chi connectivity index (χ3n) is 3.44. The molecule has 0 atom stereocenters. The second-order valence-electron chi connectivity index (χ2n) is 5.96. The third-order valence-corrected chi connectivity index (χ3v) is 9.45. The molecule has 0 radical (unpaired) electrons. The van der Waals surface area contributed by atoms with Crippen molar-refractivity contribution in [2.75, 3.05) is 12.4 Å². The number of sulfone groups is 1. The fourth-order valence-electron chi connectivity index (χ4n) is 1.16. The maximum Gasteiger partial charge on any atom is 0.247 e. The zero-order valence-electron chi connectivity index (χ0n) is 12.2. The average Bonchev–Trinajstić information content (AvgIpc) is 2.28. The molecular weight excluding hydrogens is 280 g/mol. The molecule has 0 aromatic carbocycles. The topological polar surface area (TPSA) is 69.2 Å². The van der Waals surface area contributed by atoms with E-state index in [-0.39, 0.29) is 22.6 Å². The van der Waals surface area contributed by atoms with Gasteiger partial charge in [0, 0.05) is 19.0 Å². The molecule has 0 unspecified atom stereocenters. The van der Waals surface area contributed by atoms with Crippen LogP contribution in [0.1, 0.15) is 20.8 Å². The van der Waals surface area contributed by atoms with Crippen molar-refractivity contribution in [2.24, 2.45) is 0 Å². The molecule has 5 nitrogen and oxygen atoms in total. The minimum atomic E-state index is -3.45. The van der Waals surface area contributed by atoms with Crippen LogP contribution >= 0.6 is 0 Å². The summed E-state index contributed by atoms with van der Waals surface area (Å²) in [5.74, 6) is -0.0798. The molecule has 0 saturated carbocycles. The number of rotatable bonds is 5. The van der Waals surface area contributed by atoms with Gasteiger partial charge in [0.05, 0.1) is 5.75 Å². The first-order chi connectivity index (χ1) is 8.56. The van der Waals surface area contributed by atoms with Crippen molar-refractivity contribution >= 4 is 18.2 Å². The van der Waals surface area contributed by atoms with E-state index in [0.717, 1.165) is 0 Å². The predicted molar refractivity (Wildman–Crippen MR) is 77.2 cm³/mol. The minimum absolute atomic E-state index is 0.0695. The number of aromatic nitrogens is 2. The molecule has 1 aromatic rings. The summed E-state index contributed by atoms with van der Waals surface area (Å²) >= 11 is 0. The lowest BCUT2D eigenvalue weighted by Gasteiger charge is -2.36. The Balaban J connectivity index is 2.64. The highest BCUT2D eigenvalue weighted by Crippen LogP contribution is 2.36. The molecule has 0 N–H and O–H groups in total. The van der Waals surface area contributed by atoms with Crippen LogP contribution in [0.2, 0.25) is 18.1 Å². The van der Waals surface area contributed by atoms with Gasteiger partial charge in [0.1, 0.15) is 0 Å². The first-order valence-corrected chi connectivity index (χ1v) is 10.8. The lowest BCUT2D eigenvalue weighted by Crippen LogP contribution is -2.41. The lowest BCUT2D eigenvalue weighted by atomic mass is 10.2. The fraction of sp³-hybridized carbons (Fsp3) is 0.667. The van der Waals surface area contributed by atoms with Crippen LogP contribution in [0.25, 0.3) is 0 Å². The van der Waals surface area contributed by atoms with Crippen molar-refractivity contribution in [3.05, 3.63) is 18.5 Å². The Labute approximate surface area is 116 Å². The molecule has 7 heteroatoms. The van der Waals surface area contributed by atoms with Crippen LogP contribution in [0.3, 0.4) is 0 Å². The first kappa shape index (κ1) is 16.3. The summed E-state index contributed by atoms with van der Waals surface area (Å²) in [5, 5.41) is -0.0613. The second kappa shape index (κ2) is 5.68. The molecular formula is C12H22N2O3SSi. The van der Waals surface area contributed by atoms with Crippen LogP contribution in [0.4, 0.5) is 0 Å². The monoisotopic (exact) mass is 302 g/mol. The first-order valence-electron chi connectivity index (χ1n) is 6.20. The van der Waals surface area contributed by atoms with E-state index in [0.29, 0.717) is 0 Å². The summed E-state index contributed by atoms with van der Waals surface area (Å²) in [5.41, 5.74) is 0. The van der Waals surface area contributed by atoms with Gasteiger partial charge in [-0.2, -0.15) is 0 Å². The quantitative estimate of drug-likeness (QED) is 0.616. The predicted octanol–water partition coefficient (Wildman–Crippen LogP) is 2.27. The molecule has 0 aliphatic heterocycles. The average molecular weight is 302 g/mol. The van der Waals surface area contributed by atoms with E-state index in [4.69, 9.17) is 4.43 Å². The van der Waals surface area contributed by atoms with E-state index >= 15 is 0 Å². The lowest BCUT2D eigenvalue weighted by molar-refractivity contribution is 0.308. The highest BCUT2D eigenvalue weighted by Gasteiger charge is 2.37. The van der Waals surface area contributed by atoms with Crippen molar-refractivity contribution in [3.63, 3.8) is 0 Å². The van der Waals surface area contributed by atoms with Gasteiger partial charge in [0.15, 0.2) is 8.32 Å². The van der Waals surface area contributed by atoms with Crippen molar-refractivity contribution in [2.45, 2.75) is 44.1 Å². The molecule has 0 saturated heterocycles. The normalized spacial score (nSPS) is 13.5. The van der Waals surface area contributed by atoms with Gasteiger partial charge in [-0.15, -0.1) is 0 Å². The Kier molecular flexibility index (Phi) is 4.86. The molecule has 0 amide bonds. The molecule has 19 heavy (non-hydrogen) atoms. The molecule has 0 aliphatic carbocycles. The van der Waals surface area contributed by atoms with Crippen LogP contribution in [0, 0.1) is 0 Å². The number of nitrogens with zero attached hydrogens (tertiary/aromatic N) is 2. The summed E-state index contributed by atoms with van der Waals surface area (Å²) < 4.78 is 29.8. The van der Waals surface area contributed by atoms with E-state index < -0.39 is 18.2 Å². The Morgan fingerprint density at radius 2 is 1.74 bits per heavy atom. The summed E-state index contributed by atoms with van der Waals surface area (Å²) in [6, 6.07) is 1.59. The van der Waals surface area contributed by atoms with Gasteiger partial charge in [-0.05, 0) is 24.2 Å². The Morgan fingerprint density at radius 1 is 1.21 bits per heavy atom. The van der Waals surface area contributed by atoms with E-state index in [1.807, 2.05) is 0 Å². The van der Waals surface area contributed by atoms with Crippen molar-refractivity contribution in [1.29, 1.82) is 0 Å². The fourth-order valence-corrected chi connectivity index (χ4v) is 3.28. The zero-order chi connectivity index (χ0) is 14.7. The Bertz CT molecular complexity index is 510. The molecule has 0 fully saturated rings. The maximum absolute atomic E-state index is 12.0. The number of hydrogen-bond donors (Lipinski definition) is 0. The molecule has 0 bridgehead atoms. The summed E-state index contributed by atoms with van der Waals surface area (Å²) in [7, 11) is -5.36. The van der Waals surface area contributed by atoms with Gasteiger partial charge in [-0.1, -0.05) is 20.8 Å². The van der Waals surface area contributed by atoms with Gasteiger partial charge < -0.3 is 4.43 Å². The highest BCUT2D eigenvalue weighted by molar-refractivity contribution is 7.91. The van der Waals surface area contributed by atoms with Gasteiger partial charge in [0.2, 0.25) is 15.0 Å². The van der Waals surface area contributed by atoms with Crippen LogP contribution in [-0.4, -0.2) is 39.1 Å². The van der Waals surface area contributed by atoms with Crippen LogP contribution < -0.4 is 0 Å². The van der Waals surface area contributed by atoms with Crippen LogP contribution in [-0.2, 0) is 14.3 Å². The smallest absolute Gasteiger partial charge is 0.247 e. The van der Waals surface area contributed by atoms with Crippen molar-refractivity contribution in [3.8, 4) is 0 Å². The SMILES string of the molecule is CC(C)(C)[Si](C)(C)OCCS(=O)(=O)c1ncccn1. The summed E-state index contributed by atoms with van der Waals surface area (Å²) in [6.45, 7) is 10.7. The van der Waals surface area contributed by atoms with Crippen LogP contribution in [0.15, 0.2) is 23.6 Å². The molecule has 1 heterocycles. The van der Waals surface area contributed by atoms with E-state index in [1.54, 1.807) is 6.07 Å². The summed E-state index contributed by atoms with van der Waals surface area (Å²) in [6.07, 6.45) is 2.85. The highest BCUT2D eigenvalue weighted by atomic mass is 32.2. The van der Waals surface area contributed by atoms with Gasteiger partial charge >= 0.3 is 0 Å². The van der Waals surface area contributed by atoms with Crippen molar-refractivity contribution in [1.82, 2.24) is 9.97 Å². The molecule has 108 valence electrons. The molecule has 0 aliphatic rings. The minimum Gasteiger partial charge on any atom is -0.416 e. The van der Waals surface area contributed by atoms with Gasteiger partial charge in [-0.3, -0.25) is 0 Å². The summed E-state index contributed by atoms with van der Waals surface area (Å²) in [4.78, 5) is 7.54. The van der Waals surface area contributed by atoms with E-state index in [1.165, 1.54) is 12.4 Å². The molecule has 0 spiro atoms. The van der Waals surface area contributed by atoms with Crippen LogP contribution in [0.5, 0.6) is 0 Å². The van der Waals surface area contributed by atoms with Crippen molar-refractivity contribution < 1.29 is 12.8 Å². The standard InChI is InChI=1S/C12H22N2O3SSi/c1-12(2,3)19(4,5)17-9-10-18(15,16)11-13-7-6-8-14-11/h6-8H,9-10H2,1-5H3. The Hall–Kier alpha value is -0.793. The second-order valence-corrected chi connectivity index (χ2v) is 12.8. The van der Waals surface area contributed by atoms with Gasteiger partial charge in [0.25, 0.3) is 0 Å². The van der Waals surface area contributed by atoms with E-state index in [2.05, 4.69) is 43.8 Å². The van der Waals surface area contributed by atoms with E-state index in [9.17, 15) is 8.42 Å². The maximum atomic E-state index is 12.0. The largest absolute Gasteiger partial charge is 0.416 e. The Morgan fingerprint density at radius 3 is 2.21 bits per heavy atom. The zero-order valence-corrected chi connectivity index (χ0v) is 14.0. The van der Waals surface area contributed by atoms with Gasteiger partial charge in [-0.25, -0.2) is 18.4 Å². The molecule has 1 rings (SSSR count). The number of hydrogen-bond acceptors (Lipinski definition) is 5. The molecule has 1 aromatic heterocycles.